The third-order valence-electron chi connectivity index (χ3n) is 5.39. The molecule has 3 N–H and O–H groups in total. The van der Waals surface area contributed by atoms with Gasteiger partial charge in [-0.15, -0.1) is 0 Å². The van der Waals surface area contributed by atoms with Gasteiger partial charge in [0.2, 0.25) is 15.9 Å². The molecular weight excluding hydrogens is 537 g/mol. The Morgan fingerprint density at radius 2 is 1.82 bits per heavy atom. The molecule has 0 aliphatic rings. The molecule has 1 amide bonds. The van der Waals surface area contributed by atoms with E-state index in [0.29, 0.717) is 17.7 Å². The zero-order valence-corrected chi connectivity index (χ0v) is 22.3. The van der Waals surface area contributed by atoms with Crippen LogP contribution in [0.4, 0.5) is 18.9 Å². The van der Waals surface area contributed by atoms with Crippen molar-refractivity contribution in [3.63, 3.8) is 0 Å². The number of aliphatic hydroxyl groups is 1. The minimum Gasteiger partial charge on any atom is -0.471 e. The summed E-state index contributed by atoms with van der Waals surface area (Å²) in [6, 6.07) is 11.0. The summed E-state index contributed by atoms with van der Waals surface area (Å²) in [7, 11) is -3.56. The third kappa shape index (κ3) is 8.65. The second-order valence-electron chi connectivity index (χ2n) is 9.28. The lowest BCUT2D eigenvalue weighted by Gasteiger charge is -2.21. The molecule has 1 atom stereocenters. The van der Waals surface area contributed by atoms with Crippen molar-refractivity contribution in [1.29, 1.82) is 0 Å². The van der Waals surface area contributed by atoms with Crippen molar-refractivity contribution in [3.05, 3.63) is 71.7 Å². The summed E-state index contributed by atoms with van der Waals surface area (Å²) in [4.78, 5) is 20.9. The number of benzene rings is 1. The molecule has 0 fully saturated rings. The van der Waals surface area contributed by atoms with Crippen LogP contribution < -0.4 is 14.8 Å². The number of nitrogens with zero attached hydrogens (tertiary/aromatic N) is 2. The number of alkyl halides is 3. The predicted octanol–water partition coefficient (Wildman–Crippen LogP) is 4.25. The number of carbonyl (C=O) groups is 1. The number of halogens is 3. The molecular formula is C26H29F3N4O5S. The maximum Gasteiger partial charge on any atom is 0.434 e. The molecule has 0 radical (unpaired) electrons. The Morgan fingerprint density at radius 3 is 2.36 bits per heavy atom. The first-order valence-corrected chi connectivity index (χ1v) is 13.8. The van der Waals surface area contributed by atoms with E-state index < -0.39 is 51.9 Å². The van der Waals surface area contributed by atoms with Crippen LogP contribution in [0.3, 0.4) is 0 Å². The standard InChI is InChI=1S/C26H29F3N4O5S/c1-16(2)12-20(14-34)31-24(35)22-13-21(17-7-9-18(10-8-17)33-39(3,36)37)25(32-23(22)26(27,28)29)38-15-19-6-4-5-11-30-19/h4-11,13,16,20,33-34H,12,14-15H2,1-3H3,(H,31,35). The zero-order valence-electron chi connectivity index (χ0n) is 21.5. The number of carbonyl (C=O) groups excluding carboxylic acids is 1. The molecule has 39 heavy (non-hydrogen) atoms. The van der Waals surface area contributed by atoms with Gasteiger partial charge < -0.3 is 15.2 Å². The monoisotopic (exact) mass is 566 g/mol. The fourth-order valence-electron chi connectivity index (χ4n) is 3.77. The molecule has 3 rings (SSSR count). The number of nitrogens with one attached hydrogen (secondary N) is 2. The van der Waals surface area contributed by atoms with E-state index in [1.165, 1.54) is 30.5 Å². The van der Waals surface area contributed by atoms with Crippen molar-refractivity contribution in [1.82, 2.24) is 15.3 Å². The molecule has 2 aromatic heterocycles. The maximum absolute atomic E-state index is 14.1. The molecule has 0 aliphatic carbocycles. The van der Waals surface area contributed by atoms with Crippen molar-refractivity contribution in [3.8, 4) is 17.0 Å². The fourth-order valence-corrected chi connectivity index (χ4v) is 4.34. The van der Waals surface area contributed by atoms with E-state index in [4.69, 9.17) is 4.74 Å². The van der Waals surface area contributed by atoms with E-state index in [2.05, 4.69) is 20.0 Å². The molecule has 0 saturated carbocycles. The summed E-state index contributed by atoms with van der Waals surface area (Å²) in [6.45, 7) is 3.06. The van der Waals surface area contributed by atoms with Crippen LogP contribution in [-0.2, 0) is 22.8 Å². The van der Waals surface area contributed by atoms with Crippen LogP contribution >= 0.6 is 0 Å². The average molecular weight is 567 g/mol. The molecule has 9 nitrogen and oxygen atoms in total. The molecule has 0 saturated heterocycles. The van der Waals surface area contributed by atoms with Gasteiger partial charge in [-0.25, -0.2) is 13.4 Å². The Bertz CT molecular complexity index is 1380. The van der Waals surface area contributed by atoms with Gasteiger partial charge in [-0.2, -0.15) is 13.2 Å². The first-order valence-electron chi connectivity index (χ1n) is 11.9. The van der Waals surface area contributed by atoms with Gasteiger partial charge in [-0.05, 0) is 48.2 Å². The van der Waals surface area contributed by atoms with E-state index in [1.54, 1.807) is 18.2 Å². The molecule has 210 valence electrons. The highest BCUT2D eigenvalue weighted by atomic mass is 32.2. The molecule has 0 aliphatic heterocycles. The van der Waals surface area contributed by atoms with Gasteiger partial charge in [0.25, 0.3) is 5.91 Å². The van der Waals surface area contributed by atoms with E-state index in [-0.39, 0.29) is 23.8 Å². The number of sulfonamides is 1. The smallest absolute Gasteiger partial charge is 0.434 e. The first-order chi connectivity index (χ1) is 18.3. The Hall–Kier alpha value is -3.71. The molecule has 3 aromatic rings. The number of aromatic nitrogens is 2. The normalized spacial score (nSPS) is 12.7. The summed E-state index contributed by atoms with van der Waals surface area (Å²) in [5.74, 6) is -1.38. The number of hydrogen-bond donors (Lipinski definition) is 3. The van der Waals surface area contributed by atoms with Gasteiger partial charge in [0.15, 0.2) is 5.69 Å². The quantitative estimate of drug-likeness (QED) is 0.316. The lowest BCUT2D eigenvalue weighted by Crippen LogP contribution is -2.39. The van der Waals surface area contributed by atoms with Gasteiger partial charge in [-0.1, -0.05) is 32.0 Å². The molecule has 0 bridgehead atoms. The Labute approximate surface area is 224 Å². The summed E-state index contributed by atoms with van der Waals surface area (Å²) < 4.78 is 73.4. The molecule has 1 aromatic carbocycles. The Kier molecular flexibility index (Phi) is 9.51. The van der Waals surface area contributed by atoms with Crippen LogP contribution in [0, 0.1) is 5.92 Å². The summed E-state index contributed by atoms with van der Waals surface area (Å²) in [5, 5.41) is 12.1. The minimum atomic E-state index is -5.00. The first kappa shape index (κ1) is 29.8. The second kappa shape index (κ2) is 12.4. The average Bonchev–Trinajstić information content (AvgIpc) is 2.86. The van der Waals surface area contributed by atoms with Gasteiger partial charge in [0.1, 0.15) is 6.61 Å². The van der Waals surface area contributed by atoms with Crippen LogP contribution in [0.2, 0.25) is 0 Å². The van der Waals surface area contributed by atoms with E-state index >= 15 is 0 Å². The second-order valence-corrected chi connectivity index (χ2v) is 11.0. The lowest BCUT2D eigenvalue weighted by molar-refractivity contribution is -0.141. The number of hydrogen-bond acceptors (Lipinski definition) is 7. The Balaban J connectivity index is 2.11. The number of anilines is 1. The zero-order chi connectivity index (χ0) is 28.8. The highest BCUT2D eigenvalue weighted by molar-refractivity contribution is 7.92. The number of aliphatic hydroxyl groups excluding tert-OH is 1. The molecule has 1 unspecified atom stereocenters. The van der Waals surface area contributed by atoms with Crippen LogP contribution in [0.5, 0.6) is 5.88 Å². The summed E-state index contributed by atoms with van der Waals surface area (Å²) in [5.41, 5.74) is -1.14. The largest absolute Gasteiger partial charge is 0.471 e. The fraction of sp³-hybridized carbons (Fsp3) is 0.346. The van der Waals surface area contributed by atoms with Crippen molar-refractivity contribution in [2.24, 2.45) is 5.92 Å². The van der Waals surface area contributed by atoms with Gasteiger partial charge in [0.05, 0.1) is 30.2 Å². The number of rotatable bonds is 11. The number of pyridine rings is 2. The van der Waals surface area contributed by atoms with Crippen molar-refractivity contribution < 1.29 is 36.2 Å². The molecule has 2 heterocycles. The van der Waals surface area contributed by atoms with E-state index in [9.17, 15) is 31.5 Å². The van der Waals surface area contributed by atoms with Gasteiger partial charge in [-0.3, -0.25) is 14.5 Å². The third-order valence-corrected chi connectivity index (χ3v) is 6.00. The topological polar surface area (TPSA) is 131 Å². The number of ether oxygens (including phenoxy) is 1. The summed E-state index contributed by atoms with van der Waals surface area (Å²) >= 11 is 0. The van der Waals surface area contributed by atoms with Crippen molar-refractivity contribution >= 4 is 21.6 Å². The highest BCUT2D eigenvalue weighted by Gasteiger charge is 2.39. The van der Waals surface area contributed by atoms with Gasteiger partial charge >= 0.3 is 6.18 Å². The SMILES string of the molecule is CC(C)CC(CO)NC(=O)c1cc(-c2ccc(NS(C)(=O)=O)cc2)c(OCc2ccccn2)nc1C(F)(F)F. The van der Waals surface area contributed by atoms with Crippen LogP contribution in [0.15, 0.2) is 54.7 Å². The summed E-state index contributed by atoms with van der Waals surface area (Å²) in [6.07, 6.45) is -2.16. The van der Waals surface area contributed by atoms with Crippen LogP contribution in [0.25, 0.3) is 11.1 Å². The lowest BCUT2D eigenvalue weighted by atomic mass is 10.0. The van der Waals surface area contributed by atoms with Crippen molar-refractivity contribution in [2.45, 2.75) is 39.1 Å². The molecule has 0 spiro atoms. The van der Waals surface area contributed by atoms with Crippen molar-refractivity contribution in [2.75, 3.05) is 17.6 Å². The van der Waals surface area contributed by atoms with Crippen LogP contribution in [-0.4, -0.2) is 48.3 Å². The van der Waals surface area contributed by atoms with Gasteiger partial charge in [0, 0.05) is 17.4 Å². The number of amides is 1. The maximum atomic E-state index is 14.1. The minimum absolute atomic E-state index is 0.0689. The highest BCUT2D eigenvalue weighted by Crippen LogP contribution is 2.38. The Morgan fingerprint density at radius 1 is 1.13 bits per heavy atom. The molecule has 13 heteroatoms. The predicted molar refractivity (Wildman–Crippen MR) is 140 cm³/mol. The van der Waals surface area contributed by atoms with E-state index in [0.717, 1.165) is 12.3 Å². The van der Waals surface area contributed by atoms with E-state index in [1.807, 2.05) is 13.8 Å². The van der Waals surface area contributed by atoms with Crippen LogP contribution in [0.1, 0.15) is 42.0 Å².